The molecule has 0 spiro atoms. The summed E-state index contributed by atoms with van der Waals surface area (Å²) < 4.78 is 6.32. The molecule has 3 aliphatic rings. The van der Waals surface area contributed by atoms with Crippen LogP contribution in [-0.2, 0) is 4.74 Å². The van der Waals surface area contributed by atoms with E-state index in [0.29, 0.717) is 11.8 Å². The van der Waals surface area contributed by atoms with Gasteiger partial charge in [0.25, 0.3) is 0 Å². The molecule has 246 valence electrons. The van der Waals surface area contributed by atoms with Gasteiger partial charge in [-0.3, -0.25) is 0 Å². The van der Waals surface area contributed by atoms with Crippen molar-refractivity contribution in [1.29, 1.82) is 0 Å². The standard InChI is InChI=1S/C40H68O3/c1-29(17-13-19-31(3)21-22-36-33(5)25-34(41)26-37(36,6)7)15-11-12-16-30(2)18-14-20-32(4)23-24-40-38(8,9)27-35(42)28-39(40,10)43-40/h23-24,29-32,34-35,41-42H,11-20,25-28H2,1-10H3/b24-23+/t29?,30?,31?,32?,34-,35+,39-,40+/m1/s1. The lowest BCUT2D eigenvalue weighted by molar-refractivity contribution is 0.0513. The van der Waals surface area contributed by atoms with E-state index in [0.717, 1.165) is 37.5 Å². The first kappa shape index (κ1) is 36.4. The van der Waals surface area contributed by atoms with Gasteiger partial charge < -0.3 is 14.9 Å². The van der Waals surface area contributed by atoms with Gasteiger partial charge in [0.1, 0.15) is 11.2 Å². The van der Waals surface area contributed by atoms with Gasteiger partial charge >= 0.3 is 0 Å². The van der Waals surface area contributed by atoms with Gasteiger partial charge in [-0.1, -0.05) is 136 Å². The Balaban J connectivity index is 1.24. The quantitative estimate of drug-likeness (QED) is 0.0856. The third-order valence-corrected chi connectivity index (χ3v) is 11.3. The van der Waals surface area contributed by atoms with Crippen LogP contribution < -0.4 is 0 Å². The van der Waals surface area contributed by atoms with Crippen LogP contribution in [0.4, 0.5) is 0 Å². The fourth-order valence-corrected chi connectivity index (χ4v) is 8.65. The molecular formula is C40H68O3. The fourth-order valence-electron chi connectivity index (χ4n) is 8.65. The molecule has 0 aromatic carbocycles. The highest BCUT2D eigenvalue weighted by molar-refractivity contribution is 5.40. The maximum absolute atomic E-state index is 10.3. The molecule has 1 heterocycles. The molecule has 1 aliphatic heterocycles. The van der Waals surface area contributed by atoms with E-state index < -0.39 is 0 Å². The minimum atomic E-state index is -0.245. The third-order valence-electron chi connectivity index (χ3n) is 11.3. The Morgan fingerprint density at radius 2 is 1.37 bits per heavy atom. The van der Waals surface area contributed by atoms with E-state index in [-0.39, 0.29) is 34.2 Å². The SMILES string of the molecule is CC1=C(C#CC(C)CCCC(C)CCCCC(C)CCCC(C)/C=C/[C@@]23O[C@]2(C)C[C@@H](O)CC3(C)C)C(C)(C)C[C@H](O)C1. The van der Waals surface area contributed by atoms with E-state index in [1.807, 2.05) is 0 Å². The van der Waals surface area contributed by atoms with Gasteiger partial charge in [-0.15, -0.1) is 0 Å². The Labute approximate surface area is 266 Å². The number of hydrogen-bond donors (Lipinski definition) is 2. The average molecular weight is 597 g/mol. The monoisotopic (exact) mass is 597 g/mol. The summed E-state index contributed by atoms with van der Waals surface area (Å²) in [6.07, 6.45) is 20.5. The Morgan fingerprint density at radius 1 is 0.791 bits per heavy atom. The van der Waals surface area contributed by atoms with Crippen molar-refractivity contribution in [2.75, 3.05) is 0 Å². The number of fused-ring (bicyclic) bond motifs is 1. The topological polar surface area (TPSA) is 53.0 Å². The number of epoxide rings is 1. The van der Waals surface area contributed by atoms with E-state index in [9.17, 15) is 10.2 Å². The maximum atomic E-state index is 10.3. The predicted octanol–water partition coefficient (Wildman–Crippen LogP) is 10.2. The number of aliphatic hydroxyl groups is 2. The van der Waals surface area contributed by atoms with Crippen LogP contribution in [0.25, 0.3) is 0 Å². The lowest BCUT2D eigenvalue weighted by atomic mass is 9.63. The van der Waals surface area contributed by atoms with Crippen molar-refractivity contribution in [1.82, 2.24) is 0 Å². The second kappa shape index (κ2) is 15.0. The minimum absolute atomic E-state index is 0.0106. The van der Waals surface area contributed by atoms with Gasteiger partial charge in [0.05, 0.1) is 12.2 Å². The first-order valence-corrected chi connectivity index (χ1v) is 18.0. The van der Waals surface area contributed by atoms with Crippen LogP contribution in [0, 0.1) is 46.3 Å². The van der Waals surface area contributed by atoms with Crippen LogP contribution in [0.1, 0.15) is 159 Å². The number of aliphatic hydroxyl groups excluding tert-OH is 2. The molecule has 2 aliphatic carbocycles. The van der Waals surface area contributed by atoms with Crippen molar-refractivity contribution in [3.63, 3.8) is 0 Å². The first-order chi connectivity index (χ1) is 20.0. The highest BCUT2D eigenvalue weighted by Gasteiger charge is 2.74. The summed E-state index contributed by atoms with van der Waals surface area (Å²) >= 11 is 0. The van der Waals surface area contributed by atoms with Gasteiger partial charge in [0.15, 0.2) is 0 Å². The molecule has 2 fully saturated rings. The van der Waals surface area contributed by atoms with Crippen LogP contribution in [0.5, 0.6) is 0 Å². The van der Waals surface area contributed by atoms with Gasteiger partial charge in [-0.05, 0) is 63.7 Å². The number of hydrogen-bond acceptors (Lipinski definition) is 3. The Morgan fingerprint density at radius 3 is 1.95 bits per heavy atom. The maximum Gasteiger partial charge on any atom is 0.121 e. The normalized spacial score (nSPS) is 32.5. The third kappa shape index (κ3) is 9.70. The second-order valence-corrected chi connectivity index (χ2v) is 17.0. The summed E-state index contributed by atoms with van der Waals surface area (Å²) in [4.78, 5) is 0. The smallest absolute Gasteiger partial charge is 0.121 e. The molecular weight excluding hydrogens is 528 g/mol. The fraction of sp³-hybridized carbons (Fsp3) is 0.850. The lowest BCUT2D eigenvalue weighted by Crippen LogP contribution is -2.46. The molecule has 3 heteroatoms. The van der Waals surface area contributed by atoms with Gasteiger partial charge in [-0.25, -0.2) is 0 Å². The summed E-state index contributed by atoms with van der Waals surface area (Å²) in [6.45, 7) is 22.8. The zero-order valence-corrected chi connectivity index (χ0v) is 29.8. The molecule has 2 N–H and O–H groups in total. The van der Waals surface area contributed by atoms with E-state index >= 15 is 0 Å². The van der Waals surface area contributed by atoms with Crippen molar-refractivity contribution in [3.8, 4) is 11.8 Å². The summed E-state index contributed by atoms with van der Waals surface area (Å²) in [6, 6.07) is 0. The Kier molecular flexibility index (Phi) is 12.7. The molecule has 4 unspecified atom stereocenters. The molecule has 43 heavy (non-hydrogen) atoms. The Bertz CT molecular complexity index is 1020. The molecule has 0 bridgehead atoms. The molecule has 1 saturated carbocycles. The van der Waals surface area contributed by atoms with Crippen molar-refractivity contribution >= 4 is 0 Å². The predicted molar refractivity (Wildman–Crippen MR) is 183 cm³/mol. The van der Waals surface area contributed by atoms with E-state index in [1.165, 1.54) is 75.4 Å². The summed E-state index contributed by atoms with van der Waals surface area (Å²) in [5, 5.41) is 20.4. The molecule has 0 radical (unpaired) electrons. The molecule has 8 atom stereocenters. The van der Waals surface area contributed by atoms with Gasteiger partial charge in [0.2, 0.25) is 0 Å². The molecule has 3 rings (SSSR count). The summed E-state index contributed by atoms with van der Waals surface area (Å²) in [5.74, 6) is 9.69. The summed E-state index contributed by atoms with van der Waals surface area (Å²) in [5.41, 5.74) is 2.11. The zero-order valence-electron chi connectivity index (χ0n) is 29.8. The molecule has 0 aromatic rings. The van der Waals surface area contributed by atoms with Crippen molar-refractivity contribution in [2.24, 2.45) is 34.5 Å². The van der Waals surface area contributed by atoms with Crippen LogP contribution in [0.15, 0.2) is 23.3 Å². The van der Waals surface area contributed by atoms with Crippen molar-refractivity contribution < 1.29 is 14.9 Å². The van der Waals surface area contributed by atoms with Crippen LogP contribution in [-0.4, -0.2) is 33.6 Å². The van der Waals surface area contributed by atoms with Gasteiger partial charge in [0, 0.05) is 28.7 Å². The number of allylic oxidation sites excluding steroid dienone is 2. The van der Waals surface area contributed by atoms with Crippen molar-refractivity contribution in [3.05, 3.63) is 23.3 Å². The van der Waals surface area contributed by atoms with E-state index in [4.69, 9.17) is 4.74 Å². The van der Waals surface area contributed by atoms with E-state index in [2.05, 4.69) is 93.2 Å². The molecule has 3 nitrogen and oxygen atoms in total. The highest BCUT2D eigenvalue weighted by atomic mass is 16.6. The van der Waals surface area contributed by atoms with Crippen molar-refractivity contribution in [2.45, 2.75) is 183 Å². The minimum Gasteiger partial charge on any atom is -0.393 e. The molecule has 0 aromatic heterocycles. The summed E-state index contributed by atoms with van der Waals surface area (Å²) in [7, 11) is 0. The molecule has 1 saturated heterocycles. The molecule has 0 amide bonds. The van der Waals surface area contributed by atoms with Crippen LogP contribution >= 0.6 is 0 Å². The number of rotatable bonds is 15. The van der Waals surface area contributed by atoms with Gasteiger partial charge in [-0.2, -0.15) is 0 Å². The number of unbranched alkanes of at least 4 members (excludes halogenated alkanes) is 1. The highest BCUT2D eigenvalue weighted by Crippen LogP contribution is 2.66. The lowest BCUT2D eigenvalue weighted by Gasteiger charge is -2.39. The Hall–Kier alpha value is -1.08. The van der Waals surface area contributed by atoms with E-state index in [1.54, 1.807) is 0 Å². The average Bonchev–Trinajstić information content (AvgIpc) is 3.49. The second-order valence-electron chi connectivity index (χ2n) is 17.0. The number of ether oxygens (including phenoxy) is 1. The first-order valence-electron chi connectivity index (χ1n) is 18.0. The van der Waals surface area contributed by atoms with Crippen LogP contribution in [0.3, 0.4) is 0 Å². The van der Waals surface area contributed by atoms with Crippen LogP contribution in [0.2, 0.25) is 0 Å². The zero-order chi connectivity index (χ0) is 32.1. The largest absolute Gasteiger partial charge is 0.393 e.